The average Bonchev–Trinajstić information content (AvgIpc) is 4.05. The molecule has 10 nitrogen and oxygen atoms in total. The summed E-state index contributed by atoms with van der Waals surface area (Å²) in [4.78, 5) is 12.8. The van der Waals surface area contributed by atoms with Gasteiger partial charge in [-0.15, -0.1) is 0 Å². The molecule has 1 aliphatic carbocycles. The quantitative estimate of drug-likeness (QED) is 0.171. The van der Waals surface area contributed by atoms with Crippen molar-refractivity contribution in [1.29, 1.82) is 15.8 Å². The average molecular weight is 921 g/mol. The van der Waals surface area contributed by atoms with E-state index in [1.807, 2.05) is 122 Å². The molecule has 3 aliphatic rings. The third kappa shape index (κ3) is 5.17. The van der Waals surface area contributed by atoms with E-state index in [2.05, 4.69) is 99.0 Å². The zero-order valence-electron chi connectivity index (χ0n) is 37.9. The van der Waals surface area contributed by atoms with Crippen LogP contribution in [0, 0.1) is 34.0 Å². The van der Waals surface area contributed by atoms with Gasteiger partial charge in [0.2, 0.25) is 0 Å². The molecule has 0 saturated heterocycles. The van der Waals surface area contributed by atoms with Crippen molar-refractivity contribution in [3.63, 3.8) is 0 Å². The summed E-state index contributed by atoms with van der Waals surface area (Å²) < 4.78 is 18.4. The first kappa shape index (κ1) is 39.5. The second-order valence-electron chi connectivity index (χ2n) is 18.3. The Morgan fingerprint density at radius 2 is 1.00 bits per heavy atom. The number of hydrogen-bond acceptors (Lipinski definition) is 8. The van der Waals surface area contributed by atoms with Crippen molar-refractivity contribution in [2.24, 2.45) is 0 Å². The highest BCUT2D eigenvalue weighted by molar-refractivity contribution is 6.11. The van der Waals surface area contributed by atoms with Crippen LogP contribution in [-0.2, 0) is 5.41 Å². The maximum atomic E-state index is 10.1. The Balaban J connectivity index is 1.06. The number of anilines is 3. The number of pyridine rings is 2. The van der Waals surface area contributed by atoms with Crippen LogP contribution in [-0.4, -0.2) is 19.1 Å². The molecule has 332 valence electrons. The second-order valence-corrected chi connectivity index (χ2v) is 18.3. The van der Waals surface area contributed by atoms with Crippen molar-refractivity contribution in [3.05, 3.63) is 233 Å². The Morgan fingerprint density at radius 1 is 0.403 bits per heavy atom. The largest absolute Gasteiger partial charge is 0.457 e. The number of hydrogen-bond donors (Lipinski definition) is 0. The zero-order valence-corrected chi connectivity index (χ0v) is 37.9. The lowest BCUT2D eigenvalue weighted by atomic mass is 9.65. The minimum absolute atomic E-state index is 0.485. The lowest BCUT2D eigenvalue weighted by molar-refractivity contribution is 0.436. The van der Waals surface area contributed by atoms with Crippen molar-refractivity contribution < 1.29 is 9.47 Å². The maximum Gasteiger partial charge on any atom is 0.152 e. The van der Waals surface area contributed by atoms with Gasteiger partial charge >= 0.3 is 0 Å². The molecular weight excluding hydrogens is 889 g/mol. The molecular formula is C62H32N8O2. The van der Waals surface area contributed by atoms with E-state index in [1.165, 1.54) is 0 Å². The first-order chi connectivity index (χ1) is 35.5. The normalized spacial score (nSPS) is 14.6. The third-order valence-corrected chi connectivity index (χ3v) is 14.7. The van der Waals surface area contributed by atoms with E-state index in [-0.39, 0.29) is 0 Å². The monoisotopic (exact) mass is 920 g/mol. The summed E-state index contributed by atoms with van der Waals surface area (Å²) in [5, 5.41) is 34.0. The number of nitrogens with zero attached hydrogens (tertiary/aromatic N) is 8. The van der Waals surface area contributed by atoms with Crippen LogP contribution in [0.3, 0.4) is 0 Å². The molecule has 0 radical (unpaired) electrons. The zero-order chi connectivity index (χ0) is 47.8. The smallest absolute Gasteiger partial charge is 0.152 e. The molecule has 0 saturated carbocycles. The van der Waals surface area contributed by atoms with Crippen LogP contribution in [0.5, 0.6) is 23.0 Å². The molecule has 0 bridgehead atoms. The molecule has 15 rings (SSSR count). The summed E-state index contributed by atoms with van der Waals surface area (Å²) in [5.74, 6) is 2.50. The highest BCUT2D eigenvalue weighted by Crippen LogP contribution is 2.65. The lowest BCUT2D eigenvalue weighted by Crippen LogP contribution is -2.34. The Kier molecular flexibility index (Phi) is 7.97. The van der Waals surface area contributed by atoms with Gasteiger partial charge in [-0.2, -0.15) is 15.8 Å². The minimum Gasteiger partial charge on any atom is -0.457 e. The van der Waals surface area contributed by atoms with Crippen molar-refractivity contribution in [2.75, 3.05) is 4.90 Å². The number of benzene rings is 8. The molecule has 6 heterocycles. The molecule has 72 heavy (non-hydrogen) atoms. The van der Waals surface area contributed by atoms with E-state index in [0.717, 1.165) is 106 Å². The molecule has 8 aromatic carbocycles. The van der Waals surface area contributed by atoms with Crippen molar-refractivity contribution in [3.8, 4) is 64.0 Å². The number of aromatic nitrogens is 4. The maximum absolute atomic E-state index is 10.1. The number of ether oxygens (including phenoxy) is 2. The van der Waals surface area contributed by atoms with E-state index in [0.29, 0.717) is 39.7 Å². The van der Waals surface area contributed by atoms with Gasteiger partial charge in [0.25, 0.3) is 0 Å². The Morgan fingerprint density at radius 3 is 1.75 bits per heavy atom. The van der Waals surface area contributed by atoms with Crippen LogP contribution < -0.4 is 14.4 Å². The molecule has 1 spiro atoms. The predicted molar refractivity (Wildman–Crippen MR) is 277 cm³/mol. The number of fused-ring (bicyclic) bond motifs is 17. The molecule has 0 fully saturated rings. The molecule has 10 heteroatoms. The van der Waals surface area contributed by atoms with Crippen LogP contribution >= 0.6 is 0 Å². The van der Waals surface area contributed by atoms with Crippen molar-refractivity contribution in [1.82, 2.24) is 19.1 Å². The summed E-state index contributed by atoms with van der Waals surface area (Å²) in [6.45, 7) is 0. The topological polar surface area (TPSA) is 129 Å². The van der Waals surface area contributed by atoms with Crippen molar-refractivity contribution in [2.45, 2.75) is 5.41 Å². The van der Waals surface area contributed by atoms with Gasteiger partial charge < -0.3 is 23.5 Å². The van der Waals surface area contributed by atoms with Crippen LogP contribution in [0.15, 0.2) is 194 Å². The van der Waals surface area contributed by atoms with Crippen LogP contribution in [0.4, 0.5) is 17.1 Å². The van der Waals surface area contributed by atoms with Crippen molar-refractivity contribution >= 4 is 60.7 Å². The first-order valence-corrected chi connectivity index (χ1v) is 23.5. The fourth-order valence-corrected chi connectivity index (χ4v) is 11.8. The second kappa shape index (κ2) is 14.5. The van der Waals surface area contributed by atoms with Gasteiger partial charge in [-0.1, -0.05) is 66.7 Å². The molecule has 1 unspecified atom stereocenters. The van der Waals surface area contributed by atoms with Gasteiger partial charge in [-0.05, 0) is 109 Å². The first-order valence-electron chi connectivity index (χ1n) is 23.5. The highest BCUT2D eigenvalue weighted by atomic mass is 16.5. The Labute approximate surface area is 410 Å². The number of para-hydroxylation sites is 4. The van der Waals surface area contributed by atoms with Crippen LogP contribution in [0.2, 0.25) is 0 Å². The van der Waals surface area contributed by atoms with E-state index in [9.17, 15) is 15.8 Å². The minimum atomic E-state index is -1.09. The van der Waals surface area contributed by atoms with E-state index >= 15 is 0 Å². The summed E-state index contributed by atoms with van der Waals surface area (Å²) in [6, 6.07) is 67.8. The third-order valence-electron chi connectivity index (χ3n) is 14.7. The van der Waals surface area contributed by atoms with Gasteiger partial charge in [0.1, 0.15) is 11.5 Å². The summed E-state index contributed by atoms with van der Waals surface area (Å²) in [6.07, 6.45) is 3.76. The van der Waals surface area contributed by atoms with Crippen LogP contribution in [0.25, 0.3) is 66.4 Å². The van der Waals surface area contributed by atoms with Gasteiger partial charge in [-0.3, -0.25) is 9.97 Å². The molecule has 2 aliphatic heterocycles. The molecule has 1 atom stereocenters. The molecule has 0 N–H and O–H groups in total. The summed E-state index contributed by atoms with van der Waals surface area (Å²) >= 11 is 0. The molecule has 12 aromatic rings. The standard InChI is InChI=1S/C62H32N8O2/c63-32-36-18-23-50-43(27-36)41-9-1-3-12-48(41)68(50)39-21-22-45-57(31-39)72-56-17-7-15-54(70-52-14-5-6-16-55(52)71-58-29-38(34-65)20-25-53(58)70)59(56)62(45)46-11-8-26-66-60(46)61-47(62)30-40(35-67-61)69-49-13-4-2-10-42(49)44-28-37(33-64)19-24-51(44)69/h1-31,35H. The summed E-state index contributed by atoms with van der Waals surface area (Å²) in [7, 11) is 0. The van der Waals surface area contributed by atoms with Gasteiger partial charge in [0.05, 0.1) is 103 Å². The number of rotatable bonds is 3. The van der Waals surface area contributed by atoms with E-state index in [4.69, 9.17) is 19.4 Å². The van der Waals surface area contributed by atoms with Gasteiger partial charge in [0, 0.05) is 62.3 Å². The lowest BCUT2D eigenvalue weighted by Gasteiger charge is -2.43. The number of nitriles is 3. The fraction of sp³-hybridized carbons (Fsp3) is 0.0161. The SMILES string of the molecule is N#Cc1ccc2c(c1)Oc1ccccc1N2c1cccc2c1C1(c3ccc(-n4c5ccccc5c5cc(C#N)ccc54)cc3O2)c2cccnc2-c2ncc(-n3c4ccccc4c4cc(C#N)ccc43)cc21. The van der Waals surface area contributed by atoms with E-state index in [1.54, 1.807) is 6.07 Å². The van der Waals surface area contributed by atoms with Crippen LogP contribution in [0.1, 0.15) is 38.9 Å². The Bertz CT molecular complexity index is 4550. The fourth-order valence-electron chi connectivity index (χ4n) is 11.8. The molecule has 4 aromatic heterocycles. The van der Waals surface area contributed by atoms with Gasteiger partial charge in [-0.25, -0.2) is 0 Å². The predicted octanol–water partition coefficient (Wildman–Crippen LogP) is 14.3. The molecule has 0 amide bonds. The Hall–Kier alpha value is -10.5. The van der Waals surface area contributed by atoms with Gasteiger partial charge in [0.15, 0.2) is 11.5 Å². The highest BCUT2D eigenvalue weighted by Gasteiger charge is 2.55. The summed E-state index contributed by atoms with van der Waals surface area (Å²) in [5.41, 5.74) is 13.8. The van der Waals surface area contributed by atoms with E-state index < -0.39 is 5.41 Å².